The molecule has 1 aromatic carbocycles. The molecule has 0 aliphatic carbocycles. The summed E-state index contributed by atoms with van der Waals surface area (Å²) in [4.78, 5) is 11.8. The summed E-state index contributed by atoms with van der Waals surface area (Å²) in [6.45, 7) is 4.08. The van der Waals surface area contributed by atoms with E-state index in [0.717, 1.165) is 12.8 Å². The first-order valence-corrected chi connectivity index (χ1v) is 6.09. The van der Waals surface area contributed by atoms with Crippen molar-refractivity contribution in [2.24, 2.45) is 0 Å². The number of halogens is 2. The third-order valence-corrected chi connectivity index (χ3v) is 2.88. The molecule has 0 unspecified atom stereocenters. The van der Waals surface area contributed by atoms with Crippen LogP contribution in [0.25, 0.3) is 0 Å². The van der Waals surface area contributed by atoms with Gasteiger partial charge in [-0.2, -0.15) is 0 Å². The number of amides is 1. The summed E-state index contributed by atoms with van der Waals surface area (Å²) in [7, 11) is 0. The second kappa shape index (κ2) is 6.12. The molecular formula is C12H15Cl2NO. The Morgan fingerprint density at radius 1 is 1.19 bits per heavy atom. The molecule has 0 radical (unpaired) electrons. The van der Waals surface area contributed by atoms with Gasteiger partial charge in [-0.1, -0.05) is 37.0 Å². The number of nitrogens with one attached hydrogen (secondary N) is 1. The SMILES string of the molecule is CCC(CC)NC(=O)c1cc(Cl)cc(Cl)c1. The third-order valence-electron chi connectivity index (χ3n) is 2.45. The van der Waals surface area contributed by atoms with Crippen LogP contribution in [0.3, 0.4) is 0 Å². The second-order valence-corrected chi connectivity index (χ2v) is 4.52. The van der Waals surface area contributed by atoms with Crippen LogP contribution in [-0.4, -0.2) is 11.9 Å². The Morgan fingerprint density at radius 2 is 1.69 bits per heavy atom. The molecule has 0 aliphatic heterocycles. The van der Waals surface area contributed by atoms with Crippen LogP contribution < -0.4 is 5.32 Å². The van der Waals surface area contributed by atoms with Crippen LogP contribution in [0, 0.1) is 0 Å². The summed E-state index contributed by atoms with van der Waals surface area (Å²) >= 11 is 11.7. The van der Waals surface area contributed by atoms with E-state index in [9.17, 15) is 4.79 Å². The lowest BCUT2D eigenvalue weighted by Gasteiger charge is -2.14. The van der Waals surface area contributed by atoms with Crippen molar-refractivity contribution in [3.63, 3.8) is 0 Å². The molecule has 0 saturated carbocycles. The molecule has 0 spiro atoms. The second-order valence-electron chi connectivity index (χ2n) is 3.65. The van der Waals surface area contributed by atoms with Crippen molar-refractivity contribution in [3.8, 4) is 0 Å². The molecule has 0 heterocycles. The molecular weight excluding hydrogens is 245 g/mol. The molecule has 0 atom stereocenters. The number of carbonyl (C=O) groups excluding carboxylic acids is 1. The van der Waals surface area contributed by atoms with Gasteiger partial charge >= 0.3 is 0 Å². The van der Waals surface area contributed by atoms with Crippen LogP contribution >= 0.6 is 23.2 Å². The average Bonchev–Trinajstić information content (AvgIpc) is 2.24. The van der Waals surface area contributed by atoms with Crippen molar-refractivity contribution >= 4 is 29.1 Å². The Hall–Kier alpha value is -0.730. The molecule has 0 aliphatic rings. The fourth-order valence-electron chi connectivity index (χ4n) is 1.45. The van der Waals surface area contributed by atoms with Gasteiger partial charge in [0.2, 0.25) is 0 Å². The van der Waals surface area contributed by atoms with Crippen molar-refractivity contribution in [2.75, 3.05) is 0 Å². The van der Waals surface area contributed by atoms with E-state index in [-0.39, 0.29) is 11.9 Å². The lowest BCUT2D eigenvalue weighted by molar-refractivity contribution is 0.0935. The average molecular weight is 260 g/mol. The smallest absolute Gasteiger partial charge is 0.251 e. The molecule has 0 saturated heterocycles. The highest BCUT2D eigenvalue weighted by Crippen LogP contribution is 2.19. The quantitative estimate of drug-likeness (QED) is 0.873. The molecule has 1 aromatic rings. The summed E-state index contributed by atoms with van der Waals surface area (Å²) < 4.78 is 0. The highest BCUT2D eigenvalue weighted by Gasteiger charge is 2.11. The first kappa shape index (κ1) is 13.3. The third kappa shape index (κ3) is 3.69. The summed E-state index contributed by atoms with van der Waals surface area (Å²) in [5.41, 5.74) is 0.504. The molecule has 0 aromatic heterocycles. The van der Waals surface area contributed by atoms with E-state index in [2.05, 4.69) is 5.32 Å². The minimum Gasteiger partial charge on any atom is -0.349 e. The molecule has 16 heavy (non-hydrogen) atoms. The molecule has 0 fully saturated rings. The summed E-state index contributed by atoms with van der Waals surface area (Å²) in [6, 6.07) is 5.04. The van der Waals surface area contributed by atoms with Gasteiger partial charge in [-0.05, 0) is 31.0 Å². The van der Waals surface area contributed by atoms with Crippen molar-refractivity contribution < 1.29 is 4.79 Å². The normalized spacial score (nSPS) is 10.6. The highest BCUT2D eigenvalue weighted by molar-refractivity contribution is 6.35. The molecule has 4 heteroatoms. The van der Waals surface area contributed by atoms with E-state index in [1.54, 1.807) is 18.2 Å². The van der Waals surface area contributed by atoms with Crippen LogP contribution in [0.4, 0.5) is 0 Å². The number of hydrogen-bond donors (Lipinski definition) is 1. The number of carbonyl (C=O) groups is 1. The molecule has 1 rings (SSSR count). The number of rotatable bonds is 4. The monoisotopic (exact) mass is 259 g/mol. The van der Waals surface area contributed by atoms with Gasteiger partial charge in [0.05, 0.1) is 0 Å². The molecule has 2 nitrogen and oxygen atoms in total. The first-order chi connectivity index (χ1) is 7.56. The van der Waals surface area contributed by atoms with Gasteiger partial charge in [-0.3, -0.25) is 4.79 Å². The molecule has 1 amide bonds. The van der Waals surface area contributed by atoms with Crippen LogP contribution in [-0.2, 0) is 0 Å². The van der Waals surface area contributed by atoms with Crippen molar-refractivity contribution in [1.82, 2.24) is 5.32 Å². The largest absolute Gasteiger partial charge is 0.349 e. The van der Waals surface area contributed by atoms with Crippen molar-refractivity contribution in [3.05, 3.63) is 33.8 Å². The maximum atomic E-state index is 11.8. The Balaban J connectivity index is 2.80. The Bertz CT molecular complexity index is 355. The Labute approximate surface area is 106 Å². The summed E-state index contributed by atoms with van der Waals surface area (Å²) in [6.07, 6.45) is 1.83. The van der Waals surface area contributed by atoms with E-state index >= 15 is 0 Å². The van der Waals surface area contributed by atoms with Gasteiger partial charge in [-0.15, -0.1) is 0 Å². The molecule has 0 bridgehead atoms. The minimum atomic E-state index is -0.127. The maximum absolute atomic E-state index is 11.8. The van der Waals surface area contributed by atoms with E-state index in [1.165, 1.54) is 0 Å². The van der Waals surface area contributed by atoms with Crippen LogP contribution in [0.5, 0.6) is 0 Å². The van der Waals surface area contributed by atoms with Gasteiger partial charge in [0.15, 0.2) is 0 Å². The zero-order chi connectivity index (χ0) is 12.1. The van der Waals surface area contributed by atoms with E-state index in [4.69, 9.17) is 23.2 Å². The van der Waals surface area contributed by atoms with Gasteiger partial charge < -0.3 is 5.32 Å². The fourth-order valence-corrected chi connectivity index (χ4v) is 1.97. The lowest BCUT2D eigenvalue weighted by Crippen LogP contribution is -2.33. The highest BCUT2D eigenvalue weighted by atomic mass is 35.5. The molecule has 88 valence electrons. The minimum absolute atomic E-state index is 0.127. The van der Waals surface area contributed by atoms with Gasteiger partial charge in [0, 0.05) is 21.7 Å². The van der Waals surface area contributed by atoms with E-state index < -0.39 is 0 Å². The summed E-state index contributed by atoms with van der Waals surface area (Å²) in [5.74, 6) is -0.127. The van der Waals surface area contributed by atoms with Crippen LogP contribution in [0.2, 0.25) is 10.0 Å². The molecule has 1 N–H and O–H groups in total. The predicted molar refractivity (Wildman–Crippen MR) is 68.3 cm³/mol. The topological polar surface area (TPSA) is 29.1 Å². The standard InChI is InChI=1S/C12H15Cl2NO/c1-3-11(4-2)15-12(16)8-5-9(13)7-10(14)6-8/h5-7,11H,3-4H2,1-2H3,(H,15,16). The number of benzene rings is 1. The first-order valence-electron chi connectivity index (χ1n) is 5.33. The van der Waals surface area contributed by atoms with Gasteiger partial charge in [0.1, 0.15) is 0 Å². The van der Waals surface area contributed by atoms with Crippen LogP contribution in [0.1, 0.15) is 37.0 Å². The lowest BCUT2D eigenvalue weighted by atomic mass is 10.1. The predicted octanol–water partition coefficient (Wildman–Crippen LogP) is 3.91. The fraction of sp³-hybridized carbons (Fsp3) is 0.417. The van der Waals surface area contributed by atoms with Gasteiger partial charge in [-0.25, -0.2) is 0 Å². The Morgan fingerprint density at radius 3 is 2.12 bits per heavy atom. The zero-order valence-electron chi connectivity index (χ0n) is 9.39. The maximum Gasteiger partial charge on any atom is 0.251 e. The zero-order valence-corrected chi connectivity index (χ0v) is 10.9. The summed E-state index contributed by atoms with van der Waals surface area (Å²) in [5, 5.41) is 3.88. The number of hydrogen-bond acceptors (Lipinski definition) is 1. The van der Waals surface area contributed by atoms with E-state index in [0.29, 0.717) is 15.6 Å². The van der Waals surface area contributed by atoms with Crippen molar-refractivity contribution in [1.29, 1.82) is 0 Å². The van der Waals surface area contributed by atoms with E-state index in [1.807, 2.05) is 13.8 Å². The van der Waals surface area contributed by atoms with Gasteiger partial charge in [0.25, 0.3) is 5.91 Å². The van der Waals surface area contributed by atoms with Crippen molar-refractivity contribution in [2.45, 2.75) is 32.7 Å². The van der Waals surface area contributed by atoms with Crippen LogP contribution in [0.15, 0.2) is 18.2 Å². The Kier molecular flexibility index (Phi) is 5.10.